The fraction of sp³-hybridized carbons (Fsp3) is 0.393. The molecule has 0 unspecified atom stereocenters. The van der Waals surface area contributed by atoms with Gasteiger partial charge in [0.25, 0.3) is 0 Å². The number of aromatic nitrogens is 4. The van der Waals surface area contributed by atoms with Gasteiger partial charge in [-0.3, -0.25) is 14.7 Å². The van der Waals surface area contributed by atoms with Gasteiger partial charge in [0.15, 0.2) is 6.73 Å². The van der Waals surface area contributed by atoms with E-state index in [1.807, 2.05) is 0 Å². The maximum Gasteiger partial charge on any atom is 0.510 e. The molecule has 3 heterocycles. The molecule has 16 nitrogen and oxygen atoms in total. The molecule has 244 valence electrons. The number of carbonyl (C=O) groups is 3. The van der Waals surface area contributed by atoms with Crippen molar-refractivity contribution in [1.29, 1.82) is 0 Å². The van der Waals surface area contributed by atoms with Crippen LogP contribution in [0, 0.1) is 11.6 Å². The summed E-state index contributed by atoms with van der Waals surface area (Å²) >= 11 is 0. The van der Waals surface area contributed by atoms with Crippen LogP contribution in [-0.4, -0.2) is 115 Å². The van der Waals surface area contributed by atoms with Gasteiger partial charge in [0.2, 0.25) is 0 Å². The monoisotopic (exact) mass is 643 g/mol. The van der Waals surface area contributed by atoms with Crippen LogP contribution in [0.4, 0.5) is 24.1 Å². The molecule has 2 aliphatic heterocycles. The summed E-state index contributed by atoms with van der Waals surface area (Å²) in [5, 5.41) is 37.5. The van der Waals surface area contributed by atoms with Gasteiger partial charge in [-0.25, -0.2) is 23.1 Å². The zero-order valence-electron chi connectivity index (χ0n) is 24.6. The van der Waals surface area contributed by atoms with Crippen LogP contribution in [0.2, 0.25) is 0 Å². The maximum absolute atomic E-state index is 15.2. The van der Waals surface area contributed by atoms with Crippen molar-refractivity contribution in [1.82, 2.24) is 35.0 Å². The SMILES string of the molecule is C[C@@H](N1CCN(c2ccc(-n3cnnn3)cc2)C1=O)[C@](O)(CN1CN(COC(=O)OCCCC(=O)O)C=N1)c1ccc(F)cc1F. The van der Waals surface area contributed by atoms with E-state index in [9.17, 15) is 23.9 Å². The zero-order valence-corrected chi connectivity index (χ0v) is 24.6. The number of carbonyl (C=O) groups excluding carboxylic acids is 2. The number of carboxylic acids is 1. The number of urea groups is 1. The van der Waals surface area contributed by atoms with Crippen molar-refractivity contribution in [2.24, 2.45) is 5.10 Å². The first-order valence-electron chi connectivity index (χ1n) is 14.2. The van der Waals surface area contributed by atoms with Crippen molar-refractivity contribution in [2.75, 3.05) is 44.5 Å². The first kappa shape index (κ1) is 32.0. The average molecular weight is 644 g/mol. The molecule has 0 saturated carbocycles. The quantitative estimate of drug-likeness (QED) is 0.205. The Kier molecular flexibility index (Phi) is 9.55. The van der Waals surface area contributed by atoms with Crippen LogP contribution in [0.1, 0.15) is 25.3 Å². The third kappa shape index (κ3) is 7.12. The molecule has 2 aromatic carbocycles. The number of hydrogen-bond acceptors (Lipinski definition) is 12. The number of amides is 2. The van der Waals surface area contributed by atoms with Crippen LogP contribution in [0.25, 0.3) is 5.69 Å². The molecule has 2 amide bonds. The lowest BCUT2D eigenvalue weighted by Crippen LogP contribution is -2.55. The van der Waals surface area contributed by atoms with E-state index < -0.39 is 41.4 Å². The molecule has 0 aliphatic carbocycles. The molecule has 2 aliphatic rings. The first-order valence-corrected chi connectivity index (χ1v) is 14.2. The third-order valence-corrected chi connectivity index (χ3v) is 7.62. The molecule has 0 radical (unpaired) electrons. The number of hydrogen-bond donors (Lipinski definition) is 2. The van der Waals surface area contributed by atoms with Crippen molar-refractivity contribution in [3.05, 3.63) is 66.0 Å². The number of anilines is 1. The van der Waals surface area contributed by atoms with Gasteiger partial charge in [0, 0.05) is 36.8 Å². The predicted octanol–water partition coefficient (Wildman–Crippen LogP) is 1.95. The third-order valence-electron chi connectivity index (χ3n) is 7.62. The summed E-state index contributed by atoms with van der Waals surface area (Å²) < 4.78 is 40.4. The number of halogens is 2. The number of aliphatic carboxylic acids is 1. The van der Waals surface area contributed by atoms with Crippen LogP contribution in [-0.2, 0) is 19.9 Å². The Hall–Kier alpha value is -5.39. The number of β-amino-alcohol motifs (C(OH)–C–C–N with tert-alkyl or cyclic N) is 1. The van der Waals surface area contributed by atoms with E-state index in [1.54, 1.807) is 31.2 Å². The highest BCUT2D eigenvalue weighted by molar-refractivity contribution is 5.94. The number of ether oxygens (including phenoxy) is 2. The van der Waals surface area contributed by atoms with Crippen LogP contribution in [0.15, 0.2) is 53.9 Å². The summed E-state index contributed by atoms with van der Waals surface area (Å²) in [6, 6.07) is 8.34. The number of nitrogens with zero attached hydrogens (tertiary/aromatic N) is 9. The fourth-order valence-electron chi connectivity index (χ4n) is 5.19. The molecule has 5 rings (SSSR count). The molecular weight excluding hydrogens is 612 g/mol. The van der Waals surface area contributed by atoms with Gasteiger partial charge in [0.1, 0.15) is 36.6 Å². The molecule has 0 spiro atoms. The van der Waals surface area contributed by atoms with Gasteiger partial charge < -0.3 is 29.5 Å². The highest BCUT2D eigenvalue weighted by Gasteiger charge is 2.47. The van der Waals surface area contributed by atoms with Crippen molar-refractivity contribution in [3.63, 3.8) is 0 Å². The first-order chi connectivity index (χ1) is 22.0. The van der Waals surface area contributed by atoms with E-state index in [0.717, 1.165) is 12.1 Å². The normalized spacial score (nSPS) is 16.6. The minimum absolute atomic E-state index is 0.0118. The number of rotatable bonds is 13. The van der Waals surface area contributed by atoms with Crippen LogP contribution >= 0.6 is 0 Å². The van der Waals surface area contributed by atoms with E-state index in [0.29, 0.717) is 17.4 Å². The smallest absolute Gasteiger partial charge is 0.481 e. The summed E-state index contributed by atoms with van der Waals surface area (Å²) in [5.41, 5.74) is -1.02. The standard InChI is InChI=1S/C28H31F2N9O7/c1-19(37-10-11-38(26(37)42)21-5-7-22(8-6-21)39-15-31-33-34-39)28(44,23-9-4-20(29)13-24(23)30)14-36-17-35(16-32-36)18-46-27(43)45-12-2-3-25(40)41/h4-9,13,15-16,19,44H,2-3,10-12,14,17-18H2,1H3,(H,40,41)/t19-,28-/m1/s1. The molecule has 2 N–H and O–H groups in total. The summed E-state index contributed by atoms with van der Waals surface area (Å²) in [6.07, 6.45) is 1.75. The summed E-state index contributed by atoms with van der Waals surface area (Å²) in [7, 11) is 0. The highest BCUT2D eigenvalue weighted by atomic mass is 19.1. The number of tetrazole rings is 1. The Morgan fingerprint density at radius 2 is 1.85 bits per heavy atom. The van der Waals surface area contributed by atoms with Crippen LogP contribution in [0.3, 0.4) is 0 Å². The number of benzene rings is 2. The Morgan fingerprint density at radius 1 is 1.09 bits per heavy atom. The van der Waals surface area contributed by atoms with Gasteiger partial charge in [-0.1, -0.05) is 6.07 Å². The van der Waals surface area contributed by atoms with Gasteiger partial charge in [-0.05, 0) is 54.1 Å². The number of aliphatic hydroxyl groups is 1. The molecule has 2 atom stereocenters. The Bertz CT molecular complexity index is 1580. The predicted molar refractivity (Wildman–Crippen MR) is 154 cm³/mol. The molecule has 18 heteroatoms. The van der Waals surface area contributed by atoms with Crippen LogP contribution < -0.4 is 4.90 Å². The second-order valence-corrected chi connectivity index (χ2v) is 10.6. The fourth-order valence-corrected chi connectivity index (χ4v) is 5.19. The minimum Gasteiger partial charge on any atom is -0.481 e. The second-order valence-electron chi connectivity index (χ2n) is 10.6. The van der Waals surface area contributed by atoms with Gasteiger partial charge in [-0.15, -0.1) is 5.10 Å². The lowest BCUT2D eigenvalue weighted by Gasteiger charge is -2.41. The minimum atomic E-state index is -2.06. The lowest BCUT2D eigenvalue weighted by atomic mass is 9.85. The maximum atomic E-state index is 15.2. The second kappa shape index (κ2) is 13.7. The lowest BCUT2D eigenvalue weighted by molar-refractivity contribution is -0.137. The topological polar surface area (TPSA) is 179 Å². The van der Waals surface area contributed by atoms with Gasteiger partial charge in [-0.2, -0.15) is 5.10 Å². The van der Waals surface area contributed by atoms with E-state index in [2.05, 4.69) is 20.6 Å². The largest absolute Gasteiger partial charge is 0.510 e. The molecule has 3 aromatic rings. The summed E-state index contributed by atoms with van der Waals surface area (Å²) in [5.74, 6) is -2.84. The Balaban J connectivity index is 1.26. The molecule has 46 heavy (non-hydrogen) atoms. The molecule has 1 saturated heterocycles. The number of carboxylic acid groups (broad SMARTS) is 1. The summed E-state index contributed by atoms with van der Waals surface area (Å²) in [6.45, 7) is 1.37. The molecule has 0 bridgehead atoms. The molecular formula is C28H31F2N9O7. The van der Waals surface area contributed by atoms with Gasteiger partial charge in [0.05, 0.1) is 24.9 Å². The summed E-state index contributed by atoms with van der Waals surface area (Å²) in [4.78, 5) is 40.5. The molecule has 1 aromatic heterocycles. The number of hydrazone groups is 1. The highest BCUT2D eigenvalue weighted by Crippen LogP contribution is 2.35. The zero-order chi connectivity index (χ0) is 32.8. The van der Waals surface area contributed by atoms with Crippen molar-refractivity contribution in [3.8, 4) is 5.69 Å². The van der Waals surface area contributed by atoms with E-state index in [4.69, 9.17) is 14.6 Å². The Labute approximate surface area is 261 Å². The van der Waals surface area contributed by atoms with Crippen molar-refractivity contribution >= 4 is 30.2 Å². The molecule has 1 fully saturated rings. The Morgan fingerprint density at radius 3 is 2.54 bits per heavy atom. The van der Waals surface area contributed by atoms with E-state index in [-0.39, 0.29) is 58.0 Å². The average Bonchev–Trinajstić information content (AvgIpc) is 3.80. The van der Waals surface area contributed by atoms with E-state index in [1.165, 1.54) is 37.1 Å². The van der Waals surface area contributed by atoms with E-state index >= 15 is 4.39 Å². The van der Waals surface area contributed by atoms with Crippen LogP contribution in [0.5, 0.6) is 0 Å². The van der Waals surface area contributed by atoms with Crippen molar-refractivity contribution < 1.29 is 42.9 Å². The van der Waals surface area contributed by atoms with Crippen molar-refractivity contribution in [2.45, 2.75) is 31.4 Å². The van der Waals surface area contributed by atoms with Gasteiger partial charge >= 0.3 is 18.2 Å².